The fourth-order valence-corrected chi connectivity index (χ4v) is 2.13. The first-order valence-corrected chi connectivity index (χ1v) is 5.05. The van der Waals surface area contributed by atoms with E-state index in [9.17, 15) is 26.3 Å². The van der Waals surface area contributed by atoms with Gasteiger partial charge >= 0.3 is 12.4 Å². The van der Waals surface area contributed by atoms with Crippen LogP contribution in [-0.2, 0) is 0 Å². The van der Waals surface area contributed by atoms with Gasteiger partial charge in [-0.2, -0.15) is 31.6 Å². The Morgan fingerprint density at radius 1 is 1.00 bits per heavy atom. The van der Waals surface area contributed by atoms with Crippen molar-refractivity contribution in [2.24, 2.45) is 0 Å². The first kappa shape index (κ1) is 13.5. The maximum Gasteiger partial charge on any atom is 0.423 e. The molecule has 0 aliphatic carbocycles. The van der Waals surface area contributed by atoms with Gasteiger partial charge in [-0.1, -0.05) is 18.2 Å². The van der Waals surface area contributed by atoms with Crippen molar-refractivity contribution in [3.05, 3.63) is 30.3 Å². The van der Waals surface area contributed by atoms with Crippen LogP contribution in [0.25, 0.3) is 0 Å². The quantitative estimate of drug-likeness (QED) is 0.583. The Hall–Kier alpha value is -1.91. The van der Waals surface area contributed by atoms with Gasteiger partial charge in [0.1, 0.15) is 0 Å². The lowest BCUT2D eigenvalue weighted by Crippen LogP contribution is -2.50. The van der Waals surface area contributed by atoms with Crippen LogP contribution in [0, 0.1) is 11.3 Å². The van der Waals surface area contributed by atoms with Crippen molar-refractivity contribution in [2.45, 2.75) is 23.9 Å². The van der Waals surface area contributed by atoms with Gasteiger partial charge in [0.25, 0.3) is 5.54 Å². The molecule has 0 N–H and O–H groups in total. The van der Waals surface area contributed by atoms with Crippen molar-refractivity contribution in [1.82, 2.24) is 0 Å². The third-order valence-corrected chi connectivity index (χ3v) is 2.99. The molecule has 0 amide bonds. The van der Waals surface area contributed by atoms with Crippen LogP contribution in [0.3, 0.4) is 0 Å². The zero-order valence-electron chi connectivity index (χ0n) is 9.13. The average molecular weight is 280 g/mol. The Bertz CT molecular complexity index is 499. The van der Waals surface area contributed by atoms with E-state index in [2.05, 4.69) is 0 Å². The molecule has 1 saturated heterocycles. The Kier molecular flexibility index (Phi) is 2.70. The molecule has 1 aliphatic heterocycles. The minimum absolute atomic E-state index is 0.0486. The lowest BCUT2D eigenvalue weighted by atomic mass is 10.0. The van der Waals surface area contributed by atoms with E-state index in [0.29, 0.717) is 0 Å². The molecule has 2 nitrogen and oxygen atoms in total. The van der Waals surface area contributed by atoms with E-state index >= 15 is 0 Å². The van der Waals surface area contributed by atoms with E-state index < -0.39 is 23.9 Å². The molecule has 0 saturated carbocycles. The number of rotatable bonds is 1. The van der Waals surface area contributed by atoms with Crippen molar-refractivity contribution in [2.75, 3.05) is 4.90 Å². The summed E-state index contributed by atoms with van der Waals surface area (Å²) in [7, 11) is 0. The normalized spacial score (nSPS) is 21.9. The van der Waals surface area contributed by atoms with Gasteiger partial charge in [-0.05, 0) is 12.1 Å². The van der Waals surface area contributed by atoms with Crippen molar-refractivity contribution >= 4 is 5.69 Å². The number of anilines is 1. The molecule has 1 fully saturated rings. The largest absolute Gasteiger partial charge is 0.423 e. The van der Waals surface area contributed by atoms with Gasteiger partial charge in [0.05, 0.1) is 6.07 Å². The number of hydrogen-bond acceptors (Lipinski definition) is 2. The standard InChI is InChI=1S/C11H6F6N2/c12-10(13,14)9(11(15,16)17)8(6-18)19(9)7-4-2-1-3-5-7/h1-5,8H. The van der Waals surface area contributed by atoms with Crippen molar-refractivity contribution in [3.8, 4) is 6.07 Å². The number of hydrogen-bond donors (Lipinski definition) is 0. The Labute approximate surface area is 103 Å². The highest BCUT2D eigenvalue weighted by atomic mass is 19.4. The second kappa shape index (κ2) is 3.79. The van der Waals surface area contributed by atoms with Crippen molar-refractivity contribution in [3.63, 3.8) is 0 Å². The van der Waals surface area contributed by atoms with Gasteiger partial charge in [-0.25, -0.2) is 0 Å². The fourth-order valence-electron chi connectivity index (χ4n) is 2.13. The second-order valence-corrected chi connectivity index (χ2v) is 4.00. The Morgan fingerprint density at radius 2 is 1.47 bits per heavy atom. The topological polar surface area (TPSA) is 26.8 Å². The van der Waals surface area contributed by atoms with E-state index in [0.717, 1.165) is 18.2 Å². The van der Waals surface area contributed by atoms with E-state index in [1.54, 1.807) is 0 Å². The third kappa shape index (κ3) is 1.64. The Balaban J connectivity index is 2.56. The van der Waals surface area contributed by atoms with Gasteiger partial charge in [0.15, 0.2) is 6.04 Å². The summed E-state index contributed by atoms with van der Waals surface area (Å²) in [5, 5.41) is 8.61. The summed E-state index contributed by atoms with van der Waals surface area (Å²) in [6.45, 7) is 0. The van der Waals surface area contributed by atoms with Crippen LogP contribution in [0.1, 0.15) is 0 Å². The first-order chi connectivity index (χ1) is 8.68. The zero-order valence-corrected chi connectivity index (χ0v) is 9.13. The third-order valence-electron chi connectivity index (χ3n) is 2.99. The van der Waals surface area contributed by atoms with E-state index in [1.165, 1.54) is 18.2 Å². The molecule has 0 bridgehead atoms. The molecule has 1 aliphatic rings. The summed E-state index contributed by atoms with van der Waals surface area (Å²) in [4.78, 5) is 0.0486. The molecule has 19 heavy (non-hydrogen) atoms. The highest BCUT2D eigenvalue weighted by Crippen LogP contribution is 2.62. The molecule has 0 aromatic heterocycles. The van der Waals surface area contributed by atoms with Crippen LogP contribution >= 0.6 is 0 Å². The second-order valence-electron chi connectivity index (χ2n) is 4.00. The molecule has 8 heteroatoms. The number of halogens is 6. The van der Waals surface area contributed by atoms with Gasteiger partial charge in [-0.3, -0.25) is 0 Å². The van der Waals surface area contributed by atoms with Crippen molar-refractivity contribution < 1.29 is 26.3 Å². The number of alkyl halides is 6. The summed E-state index contributed by atoms with van der Waals surface area (Å²) in [5.74, 6) is 0. The van der Waals surface area contributed by atoms with Crippen LogP contribution in [0.5, 0.6) is 0 Å². The molecular weight excluding hydrogens is 274 g/mol. The molecule has 1 unspecified atom stereocenters. The van der Waals surface area contributed by atoms with Gasteiger partial charge in [0, 0.05) is 5.69 Å². The maximum atomic E-state index is 12.9. The van der Waals surface area contributed by atoms with E-state index in [1.807, 2.05) is 0 Å². The molecule has 0 radical (unpaired) electrons. The number of benzene rings is 1. The minimum Gasteiger partial charge on any atom is -0.328 e. The number of nitrogens with zero attached hydrogens (tertiary/aromatic N) is 2. The van der Waals surface area contributed by atoms with Crippen LogP contribution < -0.4 is 4.90 Å². The molecule has 1 aromatic carbocycles. The predicted octanol–water partition coefficient (Wildman–Crippen LogP) is 3.26. The summed E-state index contributed by atoms with van der Waals surface area (Å²) >= 11 is 0. The summed E-state index contributed by atoms with van der Waals surface area (Å²) < 4.78 is 77.1. The highest BCUT2D eigenvalue weighted by Gasteiger charge is 2.90. The molecule has 1 aromatic rings. The molecular formula is C11H6F6N2. The van der Waals surface area contributed by atoms with Crippen LogP contribution in [-0.4, -0.2) is 23.9 Å². The van der Waals surface area contributed by atoms with Gasteiger partial charge in [-0.15, -0.1) is 0 Å². The zero-order chi connectivity index (χ0) is 14.5. The SMILES string of the molecule is N#CC1N(c2ccccc2)C1(C(F)(F)F)C(F)(F)F. The molecule has 1 atom stereocenters. The average Bonchev–Trinajstić information content (AvgIpc) is 2.99. The predicted molar refractivity (Wildman–Crippen MR) is 53.2 cm³/mol. The summed E-state index contributed by atoms with van der Waals surface area (Å²) in [6.07, 6.45) is -11.2. The van der Waals surface area contributed by atoms with Gasteiger partial charge in [0.2, 0.25) is 0 Å². The molecule has 1 heterocycles. The molecule has 102 valence electrons. The lowest BCUT2D eigenvalue weighted by molar-refractivity contribution is -0.262. The molecule has 0 spiro atoms. The number of nitriles is 1. The minimum atomic E-state index is -5.58. The van der Waals surface area contributed by atoms with Crippen LogP contribution in [0.4, 0.5) is 32.0 Å². The fraction of sp³-hybridized carbons (Fsp3) is 0.364. The smallest absolute Gasteiger partial charge is 0.328 e. The summed E-state index contributed by atoms with van der Waals surface area (Å²) in [5.41, 5.74) is -4.40. The van der Waals surface area contributed by atoms with Crippen LogP contribution in [0.2, 0.25) is 0 Å². The Morgan fingerprint density at radius 3 is 1.79 bits per heavy atom. The first-order valence-electron chi connectivity index (χ1n) is 5.05. The monoisotopic (exact) mass is 280 g/mol. The van der Waals surface area contributed by atoms with E-state index in [4.69, 9.17) is 5.26 Å². The van der Waals surface area contributed by atoms with Crippen molar-refractivity contribution in [1.29, 1.82) is 5.26 Å². The summed E-state index contributed by atoms with van der Waals surface area (Å²) in [6, 6.07) is 5.05. The lowest BCUT2D eigenvalue weighted by Gasteiger charge is -2.23. The number of para-hydroxylation sites is 1. The van der Waals surface area contributed by atoms with E-state index in [-0.39, 0.29) is 10.6 Å². The van der Waals surface area contributed by atoms with Crippen LogP contribution in [0.15, 0.2) is 30.3 Å². The highest BCUT2D eigenvalue weighted by molar-refractivity contribution is 5.66. The van der Waals surface area contributed by atoms with Gasteiger partial charge < -0.3 is 4.90 Å². The molecule has 2 rings (SSSR count). The maximum absolute atomic E-state index is 12.9.